The van der Waals surface area contributed by atoms with Crippen LogP contribution in [-0.2, 0) is 6.42 Å². The van der Waals surface area contributed by atoms with Crippen LogP contribution in [0.1, 0.15) is 167 Å². The minimum absolute atomic E-state index is 0.385. The Hall–Kier alpha value is -0.980. The second kappa shape index (κ2) is 23.7. The van der Waals surface area contributed by atoms with Gasteiger partial charge in [-0.1, -0.05) is 167 Å². The summed E-state index contributed by atoms with van der Waals surface area (Å²) in [7, 11) is 0. The van der Waals surface area contributed by atoms with Crippen molar-refractivity contribution in [3.05, 3.63) is 29.8 Å². The molecule has 0 aliphatic carbocycles. The minimum Gasteiger partial charge on any atom is -0.508 e. The molecule has 0 bridgehead atoms. The molecule has 0 fully saturated rings. The smallest absolute Gasteiger partial charge is 0.115 e. The average molecular weight is 473 g/mol. The van der Waals surface area contributed by atoms with E-state index in [0.717, 1.165) is 5.92 Å². The van der Waals surface area contributed by atoms with Gasteiger partial charge in [-0.15, -0.1) is 0 Å². The normalized spacial score (nSPS) is 11.5. The van der Waals surface area contributed by atoms with E-state index in [-0.39, 0.29) is 0 Å². The van der Waals surface area contributed by atoms with Gasteiger partial charge in [0.1, 0.15) is 5.75 Å². The fraction of sp³-hybridized carbons (Fsp3) is 0.818. The number of hydrogen-bond acceptors (Lipinski definition) is 1. The van der Waals surface area contributed by atoms with Crippen LogP contribution in [0.5, 0.6) is 5.75 Å². The van der Waals surface area contributed by atoms with Crippen LogP contribution in [0.2, 0.25) is 0 Å². The van der Waals surface area contributed by atoms with Gasteiger partial charge in [-0.25, -0.2) is 0 Å². The Bertz CT molecular complexity index is 496. The summed E-state index contributed by atoms with van der Waals surface area (Å²) in [5.41, 5.74) is 1.38. The van der Waals surface area contributed by atoms with Crippen molar-refractivity contribution in [2.45, 2.75) is 168 Å². The van der Waals surface area contributed by atoms with Gasteiger partial charge in [0.2, 0.25) is 0 Å². The predicted molar refractivity (Wildman–Crippen MR) is 153 cm³/mol. The Morgan fingerprint density at radius 2 is 0.824 bits per heavy atom. The molecule has 1 N–H and O–H groups in total. The van der Waals surface area contributed by atoms with Crippen LogP contribution in [0, 0.1) is 5.92 Å². The Morgan fingerprint density at radius 1 is 0.471 bits per heavy atom. The number of unbranched alkanes of at least 4 members (excludes halogenated alkanes) is 18. The summed E-state index contributed by atoms with van der Waals surface area (Å²) in [6.45, 7) is 4.60. The summed E-state index contributed by atoms with van der Waals surface area (Å²) in [5.74, 6) is 1.27. The summed E-state index contributed by atoms with van der Waals surface area (Å²) in [4.78, 5) is 0. The first-order valence-electron chi connectivity index (χ1n) is 15.5. The fourth-order valence-corrected chi connectivity index (χ4v) is 5.31. The van der Waals surface area contributed by atoms with Crippen molar-refractivity contribution in [2.24, 2.45) is 5.92 Å². The van der Waals surface area contributed by atoms with Gasteiger partial charge in [0.15, 0.2) is 0 Å². The van der Waals surface area contributed by atoms with Crippen LogP contribution < -0.4 is 0 Å². The number of benzene rings is 1. The van der Waals surface area contributed by atoms with Gasteiger partial charge in [-0.2, -0.15) is 0 Å². The lowest BCUT2D eigenvalue weighted by Crippen LogP contribution is -2.03. The number of hydrogen-bond donors (Lipinski definition) is 1. The van der Waals surface area contributed by atoms with Crippen LogP contribution in [0.4, 0.5) is 0 Å². The van der Waals surface area contributed by atoms with Gasteiger partial charge < -0.3 is 5.11 Å². The van der Waals surface area contributed by atoms with Crippen LogP contribution >= 0.6 is 0 Å². The number of phenols is 1. The molecule has 0 aliphatic heterocycles. The van der Waals surface area contributed by atoms with Gasteiger partial charge in [0, 0.05) is 0 Å². The van der Waals surface area contributed by atoms with Gasteiger partial charge in [0.05, 0.1) is 0 Å². The zero-order valence-electron chi connectivity index (χ0n) is 23.3. The molecule has 0 radical (unpaired) electrons. The zero-order chi connectivity index (χ0) is 24.5. The lowest BCUT2D eigenvalue weighted by atomic mass is 9.89. The summed E-state index contributed by atoms with van der Waals surface area (Å²) in [6, 6.07) is 7.89. The van der Waals surface area contributed by atoms with Crippen molar-refractivity contribution < 1.29 is 5.11 Å². The van der Waals surface area contributed by atoms with Gasteiger partial charge in [-0.05, 0) is 36.5 Å². The second-order valence-electron chi connectivity index (χ2n) is 11.0. The van der Waals surface area contributed by atoms with Crippen molar-refractivity contribution in [1.82, 2.24) is 0 Å². The highest BCUT2D eigenvalue weighted by molar-refractivity contribution is 5.25. The van der Waals surface area contributed by atoms with Gasteiger partial charge in [-0.3, -0.25) is 0 Å². The lowest BCUT2D eigenvalue weighted by molar-refractivity contribution is 0.380. The van der Waals surface area contributed by atoms with E-state index in [4.69, 9.17) is 0 Å². The first kappa shape index (κ1) is 31.1. The molecule has 198 valence electrons. The molecule has 34 heavy (non-hydrogen) atoms. The maximum absolute atomic E-state index is 9.55. The number of aromatic hydroxyl groups is 1. The summed E-state index contributed by atoms with van der Waals surface area (Å²) < 4.78 is 0. The predicted octanol–water partition coefficient (Wildman–Crippen LogP) is 11.6. The zero-order valence-corrected chi connectivity index (χ0v) is 23.3. The standard InChI is InChI=1S/C33H60O/c1-3-5-7-9-11-13-15-17-19-21-23-31(25-26-32-27-29-33(34)30-28-32)24-22-20-18-16-14-12-10-8-6-4-2/h27-31,34H,3-26H2,1-2H3. The van der Waals surface area contributed by atoms with E-state index in [1.807, 2.05) is 12.1 Å². The molecule has 0 heterocycles. The molecule has 0 atom stereocenters. The molecule has 1 aromatic carbocycles. The molecule has 0 aliphatic rings. The summed E-state index contributed by atoms with van der Waals surface area (Å²) >= 11 is 0. The quantitative estimate of drug-likeness (QED) is 0.140. The maximum Gasteiger partial charge on any atom is 0.115 e. The van der Waals surface area contributed by atoms with E-state index >= 15 is 0 Å². The first-order chi connectivity index (χ1) is 16.8. The summed E-state index contributed by atoms with van der Waals surface area (Å²) in [5, 5.41) is 9.55. The van der Waals surface area contributed by atoms with E-state index in [1.54, 1.807) is 0 Å². The monoisotopic (exact) mass is 472 g/mol. The SMILES string of the molecule is CCCCCCCCCCCCC(CCCCCCCCCCCC)CCc1ccc(O)cc1. The minimum atomic E-state index is 0.385. The van der Waals surface area contributed by atoms with E-state index < -0.39 is 0 Å². The molecule has 0 unspecified atom stereocenters. The lowest BCUT2D eigenvalue weighted by Gasteiger charge is -2.17. The Kier molecular flexibility index (Phi) is 21.7. The topological polar surface area (TPSA) is 20.2 Å². The van der Waals surface area contributed by atoms with E-state index in [9.17, 15) is 5.11 Å². The average Bonchev–Trinajstić information content (AvgIpc) is 2.85. The fourth-order valence-electron chi connectivity index (χ4n) is 5.31. The highest BCUT2D eigenvalue weighted by atomic mass is 16.3. The summed E-state index contributed by atoms with van der Waals surface area (Å²) in [6.07, 6.45) is 34.0. The van der Waals surface area contributed by atoms with Crippen LogP contribution in [0.15, 0.2) is 24.3 Å². The molecule has 1 rings (SSSR count). The number of rotatable bonds is 25. The van der Waals surface area contributed by atoms with E-state index in [0.29, 0.717) is 5.75 Å². The Morgan fingerprint density at radius 3 is 1.21 bits per heavy atom. The third-order valence-corrected chi connectivity index (χ3v) is 7.71. The van der Waals surface area contributed by atoms with Crippen molar-refractivity contribution in [3.8, 4) is 5.75 Å². The van der Waals surface area contributed by atoms with Crippen molar-refractivity contribution in [2.75, 3.05) is 0 Å². The highest BCUT2D eigenvalue weighted by Crippen LogP contribution is 2.24. The molecule has 0 aromatic heterocycles. The third kappa shape index (κ3) is 19.3. The van der Waals surface area contributed by atoms with Crippen LogP contribution in [-0.4, -0.2) is 5.11 Å². The van der Waals surface area contributed by atoms with Crippen molar-refractivity contribution in [1.29, 1.82) is 0 Å². The van der Waals surface area contributed by atoms with Crippen LogP contribution in [0.3, 0.4) is 0 Å². The molecule has 0 spiro atoms. The largest absolute Gasteiger partial charge is 0.508 e. The highest BCUT2D eigenvalue weighted by Gasteiger charge is 2.09. The molecular formula is C33H60O. The molecule has 0 saturated carbocycles. The molecular weight excluding hydrogens is 412 g/mol. The maximum atomic E-state index is 9.55. The van der Waals surface area contributed by atoms with Gasteiger partial charge >= 0.3 is 0 Å². The van der Waals surface area contributed by atoms with Crippen LogP contribution in [0.25, 0.3) is 0 Å². The van der Waals surface area contributed by atoms with Crippen molar-refractivity contribution >= 4 is 0 Å². The second-order valence-corrected chi connectivity index (χ2v) is 11.0. The Labute approximate surface area is 214 Å². The number of aryl methyl sites for hydroxylation is 1. The van der Waals surface area contributed by atoms with E-state index in [2.05, 4.69) is 26.0 Å². The third-order valence-electron chi connectivity index (χ3n) is 7.71. The van der Waals surface area contributed by atoms with E-state index in [1.165, 1.54) is 160 Å². The van der Waals surface area contributed by atoms with Gasteiger partial charge in [0.25, 0.3) is 0 Å². The number of phenolic OH excluding ortho intramolecular Hbond substituents is 1. The molecule has 1 nitrogen and oxygen atoms in total. The molecule has 1 heteroatoms. The molecule has 0 saturated heterocycles. The molecule has 0 amide bonds. The van der Waals surface area contributed by atoms with Crippen molar-refractivity contribution in [3.63, 3.8) is 0 Å². The first-order valence-corrected chi connectivity index (χ1v) is 15.5. The Balaban J connectivity index is 2.17. The molecule has 1 aromatic rings.